The molecule has 0 saturated carbocycles. The molecular weight excluding hydrogens is 384 g/mol. The van der Waals surface area contributed by atoms with Crippen molar-refractivity contribution in [2.45, 2.75) is 19.3 Å². The summed E-state index contributed by atoms with van der Waals surface area (Å²) >= 11 is 1.61. The van der Waals surface area contributed by atoms with Gasteiger partial charge in [-0.1, -0.05) is 11.3 Å². The maximum Gasteiger partial charge on any atom is 0.257 e. The Kier molecular flexibility index (Phi) is 5.01. The van der Waals surface area contributed by atoms with Crippen LogP contribution < -0.4 is 9.80 Å². The van der Waals surface area contributed by atoms with E-state index in [-0.39, 0.29) is 5.91 Å². The maximum absolute atomic E-state index is 13.3. The molecule has 0 N–H and O–H groups in total. The van der Waals surface area contributed by atoms with E-state index in [0.717, 1.165) is 53.0 Å². The average molecular weight is 409 g/mol. The van der Waals surface area contributed by atoms with E-state index >= 15 is 0 Å². The number of fused-ring (bicyclic) bond motifs is 1. The first-order valence-electron chi connectivity index (χ1n) is 10.3. The number of pyridine rings is 2. The van der Waals surface area contributed by atoms with Gasteiger partial charge in [-0.2, -0.15) is 0 Å². The second-order valence-corrected chi connectivity index (χ2v) is 8.48. The molecule has 0 spiro atoms. The quantitative estimate of drug-likeness (QED) is 0.664. The van der Waals surface area contributed by atoms with Crippen LogP contribution in [-0.4, -0.2) is 65.0 Å². The van der Waals surface area contributed by atoms with Crippen LogP contribution >= 0.6 is 11.3 Å². The van der Waals surface area contributed by atoms with Crippen molar-refractivity contribution in [1.29, 1.82) is 0 Å². The molecule has 3 aromatic heterocycles. The molecule has 0 radical (unpaired) electrons. The van der Waals surface area contributed by atoms with E-state index < -0.39 is 0 Å². The van der Waals surface area contributed by atoms with Crippen LogP contribution in [0.4, 0.5) is 10.9 Å². The van der Waals surface area contributed by atoms with Crippen molar-refractivity contribution in [2.75, 3.05) is 49.1 Å². The summed E-state index contributed by atoms with van der Waals surface area (Å²) in [6.07, 6.45) is 7.18. The van der Waals surface area contributed by atoms with Crippen molar-refractivity contribution in [3.05, 3.63) is 42.2 Å². The summed E-state index contributed by atoms with van der Waals surface area (Å²) in [7, 11) is 0. The Bertz CT molecular complexity index is 974. The average Bonchev–Trinajstić information content (AvgIpc) is 3.24. The Hall–Kier alpha value is -2.74. The first kappa shape index (κ1) is 18.3. The topological polar surface area (TPSA) is 65.5 Å². The standard InChI is InChI=1S/C21H24N6OS/c28-20(16-6-4-8-22-18(16)25-10-2-1-3-11-25)26-12-14-27(15-13-26)21-24-17-7-5-9-23-19(17)29-21/h4-9H,1-3,10-15H2. The summed E-state index contributed by atoms with van der Waals surface area (Å²) in [6.45, 7) is 4.91. The molecule has 0 unspecified atom stereocenters. The molecule has 1 amide bonds. The Balaban J connectivity index is 1.29. The summed E-state index contributed by atoms with van der Waals surface area (Å²) in [6, 6.07) is 7.69. The van der Waals surface area contributed by atoms with Gasteiger partial charge in [-0.3, -0.25) is 4.79 Å². The van der Waals surface area contributed by atoms with Gasteiger partial charge in [0.2, 0.25) is 0 Å². The zero-order chi connectivity index (χ0) is 19.6. The van der Waals surface area contributed by atoms with E-state index in [1.54, 1.807) is 23.7 Å². The van der Waals surface area contributed by atoms with Gasteiger partial charge in [0, 0.05) is 51.7 Å². The van der Waals surface area contributed by atoms with Crippen LogP contribution in [0.5, 0.6) is 0 Å². The molecule has 0 bridgehead atoms. The molecule has 0 aromatic carbocycles. The van der Waals surface area contributed by atoms with Gasteiger partial charge in [0.1, 0.15) is 16.2 Å². The van der Waals surface area contributed by atoms with E-state index in [0.29, 0.717) is 13.1 Å². The highest BCUT2D eigenvalue weighted by Gasteiger charge is 2.27. The van der Waals surface area contributed by atoms with E-state index in [4.69, 9.17) is 4.98 Å². The Morgan fingerprint density at radius 2 is 1.62 bits per heavy atom. The second-order valence-electron chi connectivity index (χ2n) is 7.53. The third kappa shape index (κ3) is 3.64. The number of thiazole rings is 1. The summed E-state index contributed by atoms with van der Waals surface area (Å²) < 4.78 is 0. The summed E-state index contributed by atoms with van der Waals surface area (Å²) in [5.41, 5.74) is 1.67. The molecule has 2 aliphatic rings. The Morgan fingerprint density at radius 3 is 2.41 bits per heavy atom. The first-order valence-corrected chi connectivity index (χ1v) is 11.1. The lowest BCUT2D eigenvalue weighted by molar-refractivity contribution is 0.0747. The number of hydrogen-bond acceptors (Lipinski definition) is 7. The van der Waals surface area contributed by atoms with Crippen LogP contribution in [-0.2, 0) is 0 Å². The molecular formula is C21H24N6OS. The van der Waals surface area contributed by atoms with Crippen LogP contribution in [0, 0.1) is 0 Å². The predicted molar refractivity (Wildman–Crippen MR) is 116 cm³/mol. The number of anilines is 2. The van der Waals surface area contributed by atoms with E-state index in [2.05, 4.69) is 19.8 Å². The molecule has 8 heteroatoms. The fourth-order valence-electron chi connectivity index (χ4n) is 4.09. The second kappa shape index (κ2) is 7.94. The van der Waals surface area contributed by atoms with Gasteiger partial charge in [-0.15, -0.1) is 0 Å². The number of piperidine rings is 1. The number of carbonyl (C=O) groups is 1. The summed E-state index contributed by atoms with van der Waals surface area (Å²) in [4.78, 5) is 34.3. The Morgan fingerprint density at radius 1 is 0.862 bits per heavy atom. The highest BCUT2D eigenvalue weighted by atomic mass is 32.1. The fraction of sp³-hybridized carbons (Fsp3) is 0.429. The smallest absolute Gasteiger partial charge is 0.257 e. The number of nitrogens with zero attached hydrogens (tertiary/aromatic N) is 6. The van der Waals surface area contributed by atoms with Gasteiger partial charge >= 0.3 is 0 Å². The highest BCUT2D eigenvalue weighted by Crippen LogP contribution is 2.28. The number of carbonyl (C=O) groups excluding carboxylic acids is 1. The van der Waals surface area contributed by atoms with Crippen molar-refractivity contribution >= 4 is 38.5 Å². The van der Waals surface area contributed by atoms with Crippen LogP contribution in [0.25, 0.3) is 10.3 Å². The molecule has 5 heterocycles. The lowest BCUT2D eigenvalue weighted by Gasteiger charge is -2.35. The number of rotatable bonds is 3. The van der Waals surface area contributed by atoms with Gasteiger partial charge in [0.05, 0.1) is 5.56 Å². The van der Waals surface area contributed by atoms with Crippen molar-refractivity contribution < 1.29 is 4.79 Å². The van der Waals surface area contributed by atoms with Gasteiger partial charge in [-0.05, 0) is 43.5 Å². The van der Waals surface area contributed by atoms with Crippen molar-refractivity contribution in [3.8, 4) is 0 Å². The Labute approximate surface area is 174 Å². The number of aromatic nitrogens is 3. The van der Waals surface area contributed by atoms with Gasteiger partial charge < -0.3 is 14.7 Å². The van der Waals surface area contributed by atoms with Gasteiger partial charge in [0.15, 0.2) is 5.13 Å². The largest absolute Gasteiger partial charge is 0.356 e. The third-order valence-corrected chi connectivity index (χ3v) is 6.71. The first-order chi connectivity index (χ1) is 14.3. The van der Waals surface area contributed by atoms with Crippen molar-refractivity contribution in [2.24, 2.45) is 0 Å². The lowest BCUT2D eigenvalue weighted by Crippen LogP contribution is -2.49. The normalized spacial score (nSPS) is 17.7. The zero-order valence-electron chi connectivity index (χ0n) is 16.3. The summed E-state index contributed by atoms with van der Waals surface area (Å²) in [5, 5.41) is 0.987. The molecule has 5 rings (SSSR count). The number of hydrogen-bond donors (Lipinski definition) is 0. The van der Waals surface area contributed by atoms with E-state index in [1.807, 2.05) is 29.2 Å². The molecule has 3 aromatic rings. The summed E-state index contributed by atoms with van der Waals surface area (Å²) in [5.74, 6) is 0.932. The predicted octanol–water partition coefficient (Wildman–Crippen LogP) is 3.04. The molecule has 0 aliphatic carbocycles. The monoisotopic (exact) mass is 408 g/mol. The molecule has 150 valence electrons. The third-order valence-electron chi connectivity index (χ3n) is 5.67. The van der Waals surface area contributed by atoms with Crippen LogP contribution in [0.2, 0.25) is 0 Å². The minimum Gasteiger partial charge on any atom is -0.356 e. The van der Waals surface area contributed by atoms with E-state index in [9.17, 15) is 4.79 Å². The van der Waals surface area contributed by atoms with Crippen LogP contribution in [0.3, 0.4) is 0 Å². The van der Waals surface area contributed by atoms with Crippen molar-refractivity contribution in [3.63, 3.8) is 0 Å². The SMILES string of the molecule is O=C(c1cccnc1N1CCCCC1)N1CCN(c2nc3cccnc3s2)CC1. The van der Waals surface area contributed by atoms with Gasteiger partial charge in [-0.25, -0.2) is 15.0 Å². The minimum absolute atomic E-state index is 0.0873. The molecule has 2 aliphatic heterocycles. The molecule has 0 atom stereocenters. The fourth-order valence-corrected chi connectivity index (χ4v) is 5.05. The minimum atomic E-state index is 0.0873. The molecule has 7 nitrogen and oxygen atoms in total. The van der Waals surface area contributed by atoms with Crippen LogP contribution in [0.15, 0.2) is 36.7 Å². The maximum atomic E-state index is 13.3. The number of piperazine rings is 1. The van der Waals surface area contributed by atoms with E-state index in [1.165, 1.54) is 19.3 Å². The molecule has 29 heavy (non-hydrogen) atoms. The van der Waals surface area contributed by atoms with Gasteiger partial charge in [0.25, 0.3) is 5.91 Å². The zero-order valence-corrected chi connectivity index (χ0v) is 17.1. The molecule has 2 fully saturated rings. The molecule has 2 saturated heterocycles. The lowest BCUT2D eigenvalue weighted by atomic mass is 10.1. The highest BCUT2D eigenvalue weighted by molar-refractivity contribution is 7.21. The van der Waals surface area contributed by atoms with Crippen molar-refractivity contribution in [1.82, 2.24) is 19.9 Å². The number of amides is 1. The van der Waals surface area contributed by atoms with Crippen LogP contribution in [0.1, 0.15) is 29.6 Å².